The minimum atomic E-state index is -0.680. The lowest BCUT2D eigenvalue weighted by atomic mass is 10.0. The molecule has 1 N–H and O–H groups in total. The highest BCUT2D eigenvalue weighted by Gasteiger charge is 2.25. The summed E-state index contributed by atoms with van der Waals surface area (Å²) in [7, 11) is 0. The lowest BCUT2D eigenvalue weighted by Gasteiger charge is -2.23. The number of benzene rings is 1. The lowest BCUT2D eigenvalue weighted by Crippen LogP contribution is -2.31. The molecule has 23 heavy (non-hydrogen) atoms. The molecule has 1 fully saturated rings. The van der Waals surface area contributed by atoms with Crippen LogP contribution >= 0.6 is 0 Å². The first-order chi connectivity index (χ1) is 11.0. The van der Waals surface area contributed by atoms with E-state index in [1.54, 1.807) is 24.3 Å². The van der Waals surface area contributed by atoms with Gasteiger partial charge in [-0.1, -0.05) is 12.1 Å². The molecule has 0 aliphatic carbocycles. The van der Waals surface area contributed by atoms with Crippen LogP contribution in [0, 0.1) is 12.7 Å². The number of aryl methyl sites for hydroxylation is 1. The van der Waals surface area contributed by atoms with Crippen molar-refractivity contribution >= 4 is 12.0 Å². The Labute approximate surface area is 133 Å². The Morgan fingerprint density at radius 3 is 2.74 bits per heavy atom. The Bertz CT molecular complexity index is 730. The summed E-state index contributed by atoms with van der Waals surface area (Å²) < 4.78 is 23.9. The van der Waals surface area contributed by atoms with Crippen molar-refractivity contribution in [1.82, 2.24) is 0 Å². The SMILES string of the molecule is Cc1cc(-c2ccc(F)cc2)c(C=CC2CC(O)CC(=O)O2)o1. The summed E-state index contributed by atoms with van der Waals surface area (Å²) in [6.45, 7) is 1.83. The number of halogens is 1. The predicted octanol–water partition coefficient (Wildman–Crippen LogP) is 3.47. The smallest absolute Gasteiger partial charge is 0.309 e. The van der Waals surface area contributed by atoms with Gasteiger partial charge in [-0.3, -0.25) is 4.79 Å². The van der Waals surface area contributed by atoms with Crippen LogP contribution in [0.3, 0.4) is 0 Å². The van der Waals surface area contributed by atoms with Crippen LogP contribution < -0.4 is 0 Å². The van der Waals surface area contributed by atoms with Gasteiger partial charge in [0, 0.05) is 12.0 Å². The van der Waals surface area contributed by atoms with E-state index < -0.39 is 18.2 Å². The molecule has 1 aliphatic rings. The third-order valence-corrected chi connectivity index (χ3v) is 3.69. The van der Waals surface area contributed by atoms with Crippen molar-refractivity contribution in [3.63, 3.8) is 0 Å². The fourth-order valence-electron chi connectivity index (χ4n) is 2.63. The van der Waals surface area contributed by atoms with Crippen LogP contribution in [0.2, 0.25) is 0 Å². The molecule has 5 heteroatoms. The molecular weight excluding hydrogens is 299 g/mol. The van der Waals surface area contributed by atoms with Gasteiger partial charge >= 0.3 is 5.97 Å². The van der Waals surface area contributed by atoms with Gasteiger partial charge in [0.15, 0.2) is 0 Å². The van der Waals surface area contributed by atoms with Gasteiger partial charge in [0.1, 0.15) is 23.4 Å². The quantitative estimate of drug-likeness (QED) is 0.881. The molecule has 1 aliphatic heterocycles. The number of carbonyl (C=O) groups is 1. The van der Waals surface area contributed by atoms with Crippen LogP contribution in [0.15, 0.2) is 40.8 Å². The first-order valence-corrected chi connectivity index (χ1v) is 7.43. The Balaban J connectivity index is 1.84. The second-order valence-corrected chi connectivity index (χ2v) is 5.62. The average Bonchev–Trinajstić information content (AvgIpc) is 2.86. The number of aliphatic hydroxyl groups excluding tert-OH is 1. The van der Waals surface area contributed by atoms with Crippen molar-refractivity contribution in [2.75, 3.05) is 0 Å². The molecule has 2 atom stereocenters. The number of cyclic esters (lactones) is 1. The highest BCUT2D eigenvalue weighted by molar-refractivity contribution is 5.74. The first-order valence-electron chi connectivity index (χ1n) is 7.43. The zero-order valence-electron chi connectivity index (χ0n) is 12.7. The van der Waals surface area contributed by atoms with Crippen LogP contribution in [0.1, 0.15) is 24.4 Å². The number of furan rings is 1. The largest absolute Gasteiger partial charge is 0.461 e. The molecule has 120 valence electrons. The number of aliphatic hydroxyl groups is 1. The van der Waals surface area contributed by atoms with Gasteiger partial charge in [-0.25, -0.2) is 4.39 Å². The molecule has 2 aromatic rings. The maximum absolute atomic E-state index is 13.1. The zero-order chi connectivity index (χ0) is 16.4. The number of ether oxygens (including phenoxy) is 1. The topological polar surface area (TPSA) is 59.7 Å². The van der Waals surface area contributed by atoms with Crippen LogP contribution in [0.4, 0.5) is 4.39 Å². The molecule has 1 aromatic heterocycles. The molecule has 0 saturated carbocycles. The van der Waals surface area contributed by atoms with Gasteiger partial charge in [0.05, 0.1) is 12.5 Å². The average molecular weight is 316 g/mol. The number of rotatable bonds is 3. The molecule has 0 spiro atoms. The molecule has 4 nitrogen and oxygen atoms in total. The van der Waals surface area contributed by atoms with Crippen molar-refractivity contribution in [1.29, 1.82) is 0 Å². The van der Waals surface area contributed by atoms with Crippen LogP contribution in [-0.2, 0) is 9.53 Å². The maximum atomic E-state index is 13.1. The Hall–Kier alpha value is -2.40. The van der Waals surface area contributed by atoms with Crippen LogP contribution in [-0.4, -0.2) is 23.3 Å². The number of hydrogen-bond acceptors (Lipinski definition) is 4. The minimum Gasteiger partial charge on any atom is -0.461 e. The molecular formula is C18H17FO4. The van der Waals surface area contributed by atoms with Gasteiger partial charge in [-0.2, -0.15) is 0 Å². The van der Waals surface area contributed by atoms with Crippen molar-refractivity contribution in [2.45, 2.75) is 32.0 Å². The maximum Gasteiger partial charge on any atom is 0.309 e. The Morgan fingerprint density at radius 1 is 1.30 bits per heavy atom. The monoisotopic (exact) mass is 316 g/mol. The van der Waals surface area contributed by atoms with Crippen molar-refractivity contribution in [3.8, 4) is 11.1 Å². The van der Waals surface area contributed by atoms with Crippen molar-refractivity contribution in [3.05, 3.63) is 53.7 Å². The van der Waals surface area contributed by atoms with Crippen molar-refractivity contribution < 1.29 is 23.4 Å². The summed E-state index contributed by atoms with van der Waals surface area (Å²) in [5, 5.41) is 9.62. The van der Waals surface area contributed by atoms with Gasteiger partial charge in [-0.15, -0.1) is 0 Å². The molecule has 2 unspecified atom stereocenters. The van der Waals surface area contributed by atoms with Gasteiger partial charge in [0.25, 0.3) is 0 Å². The third-order valence-electron chi connectivity index (χ3n) is 3.69. The first kappa shape index (κ1) is 15.5. The highest BCUT2D eigenvalue weighted by Crippen LogP contribution is 2.29. The summed E-state index contributed by atoms with van der Waals surface area (Å²) in [6.07, 6.45) is 2.67. The van der Waals surface area contributed by atoms with Crippen molar-refractivity contribution in [2.24, 2.45) is 0 Å². The van der Waals surface area contributed by atoms with E-state index in [0.717, 1.165) is 16.9 Å². The molecule has 0 radical (unpaired) electrons. The molecule has 2 heterocycles. The van der Waals surface area contributed by atoms with E-state index in [0.29, 0.717) is 12.2 Å². The summed E-state index contributed by atoms with van der Waals surface area (Å²) in [4.78, 5) is 11.3. The van der Waals surface area contributed by atoms with E-state index in [9.17, 15) is 14.3 Å². The third kappa shape index (κ3) is 3.68. The predicted molar refractivity (Wildman–Crippen MR) is 83.0 cm³/mol. The van der Waals surface area contributed by atoms with E-state index in [1.807, 2.05) is 13.0 Å². The number of carbonyl (C=O) groups excluding carboxylic acids is 1. The van der Waals surface area contributed by atoms with E-state index in [4.69, 9.17) is 9.15 Å². The lowest BCUT2D eigenvalue weighted by molar-refractivity contribution is -0.156. The zero-order valence-corrected chi connectivity index (χ0v) is 12.7. The summed E-state index contributed by atoms with van der Waals surface area (Å²) in [5.41, 5.74) is 1.67. The fourth-order valence-corrected chi connectivity index (χ4v) is 2.63. The van der Waals surface area contributed by atoms with Crippen LogP contribution in [0.25, 0.3) is 17.2 Å². The molecule has 1 aromatic carbocycles. The Morgan fingerprint density at radius 2 is 2.04 bits per heavy atom. The second-order valence-electron chi connectivity index (χ2n) is 5.62. The summed E-state index contributed by atoms with van der Waals surface area (Å²) in [5.74, 6) is 0.622. The number of hydrogen-bond donors (Lipinski definition) is 1. The van der Waals surface area contributed by atoms with E-state index in [1.165, 1.54) is 12.1 Å². The molecule has 0 bridgehead atoms. The summed E-state index contributed by atoms with van der Waals surface area (Å²) in [6, 6.07) is 8.02. The van der Waals surface area contributed by atoms with Gasteiger partial charge < -0.3 is 14.3 Å². The fraction of sp³-hybridized carbons (Fsp3) is 0.278. The highest BCUT2D eigenvalue weighted by atomic mass is 19.1. The second kappa shape index (κ2) is 6.38. The van der Waals surface area contributed by atoms with Crippen LogP contribution in [0.5, 0.6) is 0 Å². The minimum absolute atomic E-state index is 0.0328. The van der Waals surface area contributed by atoms with Gasteiger partial charge in [0.2, 0.25) is 0 Å². The Kier molecular flexibility index (Phi) is 4.30. The van der Waals surface area contributed by atoms with E-state index >= 15 is 0 Å². The number of esters is 1. The molecule has 1 saturated heterocycles. The van der Waals surface area contributed by atoms with E-state index in [2.05, 4.69) is 0 Å². The normalized spacial score (nSPS) is 21.6. The van der Waals surface area contributed by atoms with E-state index in [-0.39, 0.29) is 12.2 Å². The van der Waals surface area contributed by atoms with Gasteiger partial charge in [-0.05, 0) is 42.8 Å². The molecule has 0 amide bonds. The summed E-state index contributed by atoms with van der Waals surface area (Å²) >= 11 is 0. The standard InChI is InChI=1S/C18H17FO4/c1-11-8-16(12-2-4-13(19)5-3-12)17(22-11)7-6-15-9-14(20)10-18(21)23-15/h2-8,14-15,20H,9-10H2,1H3. The molecule has 3 rings (SSSR count).